The van der Waals surface area contributed by atoms with Gasteiger partial charge in [-0.1, -0.05) is 42.5 Å². The van der Waals surface area contributed by atoms with E-state index < -0.39 is 17.6 Å². The van der Waals surface area contributed by atoms with E-state index >= 15 is 0 Å². The maximum Gasteiger partial charge on any atom is 0.416 e. The Morgan fingerprint density at radius 3 is 2.29 bits per heavy atom. The molecule has 0 radical (unpaired) electrons. The van der Waals surface area contributed by atoms with Crippen LogP contribution in [-0.4, -0.2) is 7.11 Å². The average Bonchev–Trinajstić information content (AvgIpc) is 2.81. The fourth-order valence-electron chi connectivity index (χ4n) is 3.89. The lowest BCUT2D eigenvalue weighted by atomic mass is 9.94. The van der Waals surface area contributed by atoms with Crippen LogP contribution in [0, 0.1) is 5.82 Å². The van der Waals surface area contributed by atoms with E-state index in [1.54, 1.807) is 12.1 Å². The summed E-state index contributed by atoms with van der Waals surface area (Å²) in [7, 11) is 1.43. The average molecular weight is 490 g/mol. The maximum atomic E-state index is 13.7. The number of hydrogen-bond donors (Lipinski definition) is 1. The van der Waals surface area contributed by atoms with Gasteiger partial charge in [-0.25, -0.2) is 4.39 Å². The molecule has 0 bridgehead atoms. The first kappa shape index (κ1) is 25.5. The van der Waals surface area contributed by atoms with Gasteiger partial charge in [0.2, 0.25) is 0 Å². The molecule has 0 unspecified atom stereocenters. The van der Waals surface area contributed by atoms with Gasteiger partial charge in [0, 0.05) is 12.6 Å². The summed E-state index contributed by atoms with van der Waals surface area (Å²) < 4.78 is 57.8. The lowest BCUT2D eigenvalue weighted by Crippen LogP contribution is -2.18. The van der Waals surface area contributed by atoms with Crippen LogP contribution >= 0.6 is 12.4 Å². The number of nitrogens with one attached hydrogen (secondary N) is 1. The number of benzene rings is 4. The molecule has 178 valence electrons. The second-order valence-electron chi connectivity index (χ2n) is 7.94. The van der Waals surface area contributed by atoms with Crippen LogP contribution in [0.4, 0.5) is 17.6 Å². The highest BCUT2D eigenvalue weighted by Gasteiger charge is 2.30. The Labute approximate surface area is 202 Å². The predicted octanol–water partition coefficient (Wildman–Crippen LogP) is 7.95. The highest BCUT2D eigenvalue weighted by molar-refractivity contribution is 5.97. The third-order valence-electron chi connectivity index (χ3n) is 5.73. The molecule has 0 aromatic heterocycles. The van der Waals surface area contributed by atoms with E-state index in [-0.39, 0.29) is 24.2 Å². The van der Waals surface area contributed by atoms with Gasteiger partial charge in [0.1, 0.15) is 0 Å². The molecule has 4 aromatic rings. The van der Waals surface area contributed by atoms with E-state index in [0.717, 1.165) is 45.2 Å². The highest BCUT2D eigenvalue weighted by atomic mass is 35.5. The molecule has 7 heteroatoms. The van der Waals surface area contributed by atoms with Crippen LogP contribution in [0.25, 0.3) is 21.9 Å². The Bertz CT molecular complexity index is 1270. The lowest BCUT2D eigenvalue weighted by Gasteiger charge is -2.17. The molecule has 1 N–H and O–H groups in total. The minimum atomic E-state index is -4.37. The van der Waals surface area contributed by atoms with Crippen LogP contribution in [0.2, 0.25) is 0 Å². The number of ether oxygens (including phenoxy) is 1. The smallest absolute Gasteiger partial charge is 0.416 e. The van der Waals surface area contributed by atoms with Crippen molar-refractivity contribution >= 4 is 23.2 Å². The number of hydrogen-bond acceptors (Lipinski definition) is 2. The van der Waals surface area contributed by atoms with Crippen molar-refractivity contribution in [1.82, 2.24) is 5.32 Å². The van der Waals surface area contributed by atoms with Gasteiger partial charge in [-0.2, -0.15) is 13.2 Å². The molecule has 0 aliphatic carbocycles. The standard InChI is InChI=1S/C27H23F4NO.ClH/c1-17(20-9-12-25(28)26(15-20)33-2)32-16-18-13-21-5-3-4-6-23(21)24(14-18)19-7-10-22(11-8-19)27(29,30)31;/h3-15,17,32H,16H2,1-2H3;1H/t17-;/m1./s1. The van der Waals surface area contributed by atoms with Gasteiger partial charge in [0.05, 0.1) is 12.7 Å². The molecule has 0 aliphatic heterocycles. The largest absolute Gasteiger partial charge is 0.494 e. The van der Waals surface area contributed by atoms with Crippen molar-refractivity contribution in [2.24, 2.45) is 0 Å². The van der Waals surface area contributed by atoms with Gasteiger partial charge in [-0.3, -0.25) is 0 Å². The molecule has 1 atom stereocenters. The molecular formula is C27H24ClF4NO. The van der Waals surface area contributed by atoms with Gasteiger partial charge in [-0.05, 0) is 76.3 Å². The molecule has 4 aromatic carbocycles. The summed E-state index contributed by atoms with van der Waals surface area (Å²) in [6.45, 7) is 2.50. The second-order valence-corrected chi connectivity index (χ2v) is 7.94. The Kier molecular flexibility index (Phi) is 7.85. The molecule has 0 aliphatic rings. The molecule has 0 fully saturated rings. The van der Waals surface area contributed by atoms with Crippen molar-refractivity contribution in [2.75, 3.05) is 7.11 Å². The molecule has 0 spiro atoms. The summed E-state index contributed by atoms with van der Waals surface area (Å²) in [5.41, 5.74) is 2.80. The van der Waals surface area contributed by atoms with Gasteiger partial charge in [0.25, 0.3) is 0 Å². The minimum Gasteiger partial charge on any atom is -0.494 e. The van der Waals surface area contributed by atoms with Crippen molar-refractivity contribution in [3.05, 3.63) is 101 Å². The van der Waals surface area contributed by atoms with Gasteiger partial charge < -0.3 is 10.1 Å². The van der Waals surface area contributed by atoms with E-state index in [2.05, 4.69) is 11.4 Å². The number of alkyl halides is 3. The summed E-state index contributed by atoms with van der Waals surface area (Å²) in [5, 5.41) is 5.40. The molecule has 4 rings (SSSR count). The van der Waals surface area contributed by atoms with Crippen molar-refractivity contribution in [2.45, 2.75) is 25.7 Å². The number of methoxy groups -OCH3 is 1. The Hall–Kier alpha value is -3.09. The summed E-state index contributed by atoms with van der Waals surface area (Å²) in [6, 6.07) is 21.8. The van der Waals surface area contributed by atoms with E-state index in [1.165, 1.54) is 25.3 Å². The summed E-state index contributed by atoms with van der Waals surface area (Å²) in [4.78, 5) is 0. The van der Waals surface area contributed by atoms with Crippen LogP contribution < -0.4 is 10.1 Å². The zero-order chi connectivity index (χ0) is 23.6. The number of halogens is 5. The topological polar surface area (TPSA) is 21.3 Å². The quantitative estimate of drug-likeness (QED) is 0.277. The Morgan fingerprint density at radius 1 is 0.912 bits per heavy atom. The van der Waals surface area contributed by atoms with Gasteiger partial charge >= 0.3 is 6.18 Å². The number of rotatable bonds is 6. The first-order valence-electron chi connectivity index (χ1n) is 10.5. The predicted molar refractivity (Wildman–Crippen MR) is 130 cm³/mol. The van der Waals surface area contributed by atoms with Crippen LogP contribution in [-0.2, 0) is 12.7 Å². The van der Waals surface area contributed by atoms with E-state index in [4.69, 9.17) is 4.74 Å². The molecule has 0 heterocycles. The molecular weight excluding hydrogens is 466 g/mol. The zero-order valence-corrected chi connectivity index (χ0v) is 19.4. The minimum absolute atomic E-state index is 0. The van der Waals surface area contributed by atoms with Gasteiger partial charge in [-0.15, -0.1) is 12.4 Å². The van der Waals surface area contributed by atoms with E-state index in [1.807, 2.05) is 37.3 Å². The SMILES string of the molecule is COc1cc([C@@H](C)NCc2cc(-c3ccc(C(F)(F)F)cc3)c3ccccc3c2)ccc1F.Cl. The Balaban J connectivity index is 0.00000324. The van der Waals surface area contributed by atoms with Crippen LogP contribution in [0.3, 0.4) is 0 Å². The maximum absolute atomic E-state index is 13.7. The normalized spacial score (nSPS) is 12.3. The number of fused-ring (bicyclic) bond motifs is 1. The van der Waals surface area contributed by atoms with Crippen LogP contribution in [0.1, 0.15) is 29.7 Å². The lowest BCUT2D eigenvalue weighted by molar-refractivity contribution is -0.137. The monoisotopic (exact) mass is 489 g/mol. The van der Waals surface area contributed by atoms with Crippen LogP contribution in [0.15, 0.2) is 78.9 Å². The van der Waals surface area contributed by atoms with Gasteiger partial charge in [0.15, 0.2) is 11.6 Å². The summed E-state index contributed by atoms with van der Waals surface area (Å²) in [5.74, 6) is -0.222. The first-order valence-corrected chi connectivity index (χ1v) is 10.5. The third kappa shape index (κ3) is 5.51. The van der Waals surface area contributed by atoms with E-state index in [9.17, 15) is 17.6 Å². The fraction of sp³-hybridized carbons (Fsp3) is 0.185. The highest BCUT2D eigenvalue weighted by Crippen LogP contribution is 2.34. The fourth-order valence-corrected chi connectivity index (χ4v) is 3.89. The van der Waals surface area contributed by atoms with Crippen molar-refractivity contribution in [3.63, 3.8) is 0 Å². The van der Waals surface area contributed by atoms with Crippen molar-refractivity contribution in [3.8, 4) is 16.9 Å². The second kappa shape index (κ2) is 10.5. The molecule has 2 nitrogen and oxygen atoms in total. The zero-order valence-electron chi connectivity index (χ0n) is 18.6. The third-order valence-corrected chi connectivity index (χ3v) is 5.73. The molecule has 0 saturated carbocycles. The molecule has 34 heavy (non-hydrogen) atoms. The van der Waals surface area contributed by atoms with Crippen molar-refractivity contribution in [1.29, 1.82) is 0 Å². The van der Waals surface area contributed by atoms with Crippen molar-refractivity contribution < 1.29 is 22.3 Å². The molecule has 0 saturated heterocycles. The summed E-state index contributed by atoms with van der Waals surface area (Å²) in [6.07, 6.45) is -4.37. The first-order chi connectivity index (χ1) is 15.8. The Morgan fingerprint density at radius 2 is 1.62 bits per heavy atom. The van der Waals surface area contributed by atoms with E-state index in [0.29, 0.717) is 6.54 Å². The summed E-state index contributed by atoms with van der Waals surface area (Å²) >= 11 is 0. The molecule has 0 amide bonds. The van der Waals surface area contributed by atoms with Crippen LogP contribution in [0.5, 0.6) is 5.75 Å².